The summed E-state index contributed by atoms with van der Waals surface area (Å²) in [7, 11) is 0. The van der Waals surface area contributed by atoms with Gasteiger partial charge in [0, 0.05) is 0 Å². The molecule has 1 aromatic heterocycles. The number of aromatic nitrogens is 2. The lowest BCUT2D eigenvalue weighted by atomic mass is 9.98. The van der Waals surface area contributed by atoms with Crippen LogP contribution in [0.15, 0.2) is 39.5 Å². The van der Waals surface area contributed by atoms with Crippen molar-refractivity contribution in [2.45, 2.75) is 78.6 Å². The second-order valence-corrected chi connectivity index (χ2v) is 10.2. The van der Waals surface area contributed by atoms with Crippen LogP contribution in [0.2, 0.25) is 0 Å². The van der Waals surface area contributed by atoms with Crippen LogP contribution in [-0.2, 0) is 22.7 Å². The highest BCUT2D eigenvalue weighted by Gasteiger charge is 2.32. The zero-order chi connectivity index (χ0) is 26.2. The largest absolute Gasteiger partial charge is 0.445 e. The molecule has 0 bridgehead atoms. The highest BCUT2D eigenvalue weighted by Crippen LogP contribution is 2.29. The third kappa shape index (κ3) is 8.35. The molecule has 1 fully saturated rings. The molecule has 10 heteroatoms. The van der Waals surface area contributed by atoms with Crippen molar-refractivity contribution in [1.29, 1.82) is 0 Å². The summed E-state index contributed by atoms with van der Waals surface area (Å²) < 4.78 is 11.6. The van der Waals surface area contributed by atoms with E-state index in [0.717, 1.165) is 18.4 Å². The predicted octanol–water partition coefficient (Wildman–Crippen LogP) is 3.30. The molecule has 36 heavy (non-hydrogen) atoms. The number of nitrogens with zero attached hydrogens (tertiary/aromatic N) is 2. The first kappa shape index (κ1) is 27.2. The molecule has 2 amide bonds. The normalized spacial score (nSPS) is 14.9. The molecule has 3 rings (SSSR count). The number of alkyl carbamates (subject to hydrolysis) is 1. The van der Waals surface area contributed by atoms with Crippen LogP contribution in [0.1, 0.15) is 69.6 Å². The van der Waals surface area contributed by atoms with Crippen LogP contribution in [0.5, 0.6) is 0 Å². The first-order valence-electron chi connectivity index (χ1n) is 12.5. The van der Waals surface area contributed by atoms with Crippen molar-refractivity contribution in [3.05, 3.63) is 52.3 Å². The van der Waals surface area contributed by atoms with Crippen LogP contribution in [-0.4, -0.2) is 39.6 Å². The summed E-state index contributed by atoms with van der Waals surface area (Å²) in [5, 5.41) is 9.43. The van der Waals surface area contributed by atoms with Crippen molar-refractivity contribution in [1.82, 2.24) is 20.4 Å². The van der Waals surface area contributed by atoms with Crippen LogP contribution in [0.3, 0.4) is 0 Å². The quantitative estimate of drug-likeness (QED) is 0.403. The number of rotatable bonds is 13. The average molecular weight is 501 g/mol. The summed E-state index contributed by atoms with van der Waals surface area (Å²) in [5.74, 6) is -1.55. The summed E-state index contributed by atoms with van der Waals surface area (Å²) in [4.78, 5) is 50.9. The molecular weight excluding hydrogens is 464 g/mol. The Kier molecular flexibility index (Phi) is 9.44. The van der Waals surface area contributed by atoms with Gasteiger partial charge in [0.15, 0.2) is 0 Å². The fraction of sp³-hybridized carbons (Fsp3) is 0.577. The van der Waals surface area contributed by atoms with E-state index in [9.17, 15) is 19.2 Å². The lowest BCUT2D eigenvalue weighted by Crippen LogP contribution is -2.52. The number of ketones is 1. The maximum Gasteiger partial charge on any atom is 0.437 e. The number of nitrogens with one attached hydrogen (secondary N) is 2. The maximum absolute atomic E-state index is 13.2. The molecule has 196 valence electrons. The van der Waals surface area contributed by atoms with Gasteiger partial charge in [0.1, 0.15) is 12.6 Å². The maximum atomic E-state index is 13.2. The van der Waals surface area contributed by atoms with Crippen LogP contribution < -0.4 is 16.4 Å². The zero-order valence-electron chi connectivity index (χ0n) is 21.4. The fourth-order valence-corrected chi connectivity index (χ4v) is 3.80. The number of ether oxygens (including phenoxy) is 1. The Hall–Kier alpha value is -3.43. The second kappa shape index (κ2) is 12.5. The van der Waals surface area contributed by atoms with Crippen molar-refractivity contribution in [2.24, 2.45) is 17.8 Å². The molecule has 2 N–H and O–H groups in total. The van der Waals surface area contributed by atoms with Crippen molar-refractivity contribution in [2.75, 3.05) is 0 Å². The average Bonchev–Trinajstić information content (AvgIpc) is 3.57. The first-order valence-corrected chi connectivity index (χ1v) is 12.5. The minimum atomic E-state index is -0.957. The summed E-state index contributed by atoms with van der Waals surface area (Å²) in [6.07, 6.45) is 1.98. The van der Waals surface area contributed by atoms with Gasteiger partial charge < -0.3 is 19.8 Å². The number of benzene rings is 1. The standard InChI is InChI=1S/C26H36N4O6/c1-16(2)12-20(22(31)24-29-30(26(34)36-24)14-18-10-11-18)27-23(32)21(13-17(3)4)28-25(33)35-15-19-8-6-5-7-9-19/h5-9,16-18,20-21H,10-15H2,1-4H3,(H,27,32)(H,28,33)/t20-,21-/m0/s1. The number of carbonyl (C=O) groups is 3. The van der Waals surface area contributed by atoms with Crippen LogP contribution in [0.25, 0.3) is 0 Å². The molecule has 1 aliphatic rings. The molecule has 2 atom stereocenters. The first-order chi connectivity index (χ1) is 17.1. The third-order valence-corrected chi connectivity index (χ3v) is 5.81. The van der Waals surface area contributed by atoms with E-state index < -0.39 is 35.6 Å². The lowest BCUT2D eigenvalue weighted by molar-refractivity contribution is -0.124. The number of hydrogen-bond donors (Lipinski definition) is 2. The van der Waals surface area contributed by atoms with Crippen LogP contribution >= 0.6 is 0 Å². The Labute approximate surface area is 210 Å². The van der Waals surface area contributed by atoms with E-state index in [1.807, 2.05) is 58.0 Å². The van der Waals surface area contributed by atoms with E-state index in [4.69, 9.17) is 9.15 Å². The number of Topliss-reactive ketones (excluding diaryl/α,β-unsaturated/α-hetero) is 1. The van der Waals surface area contributed by atoms with Gasteiger partial charge in [-0.05, 0) is 49.0 Å². The van der Waals surface area contributed by atoms with Crippen molar-refractivity contribution < 1.29 is 23.5 Å². The molecule has 1 aliphatic carbocycles. The van der Waals surface area contributed by atoms with Crippen LogP contribution in [0.4, 0.5) is 4.79 Å². The summed E-state index contributed by atoms with van der Waals surface area (Å²) >= 11 is 0. The van der Waals surface area contributed by atoms with Gasteiger partial charge in [0.2, 0.25) is 11.7 Å². The Morgan fingerprint density at radius 2 is 1.67 bits per heavy atom. The Morgan fingerprint density at radius 1 is 1.03 bits per heavy atom. The highest BCUT2D eigenvalue weighted by molar-refractivity contribution is 5.99. The molecular formula is C26H36N4O6. The predicted molar refractivity (Wildman–Crippen MR) is 132 cm³/mol. The number of hydrogen-bond acceptors (Lipinski definition) is 7. The summed E-state index contributed by atoms with van der Waals surface area (Å²) in [6.45, 7) is 8.17. The monoisotopic (exact) mass is 500 g/mol. The SMILES string of the molecule is CC(C)C[C@H](NC(=O)OCc1ccccc1)C(=O)N[C@@H](CC(C)C)C(=O)c1nn(CC2CC2)c(=O)o1. The van der Waals surface area contributed by atoms with Gasteiger partial charge >= 0.3 is 11.8 Å². The van der Waals surface area contributed by atoms with Crippen molar-refractivity contribution in [3.63, 3.8) is 0 Å². The van der Waals surface area contributed by atoms with Gasteiger partial charge in [-0.15, -0.1) is 5.10 Å². The van der Waals surface area contributed by atoms with Gasteiger partial charge in [0.05, 0.1) is 12.6 Å². The summed E-state index contributed by atoms with van der Waals surface area (Å²) in [6, 6.07) is 7.35. The van der Waals surface area contributed by atoms with E-state index in [-0.39, 0.29) is 24.3 Å². The van der Waals surface area contributed by atoms with Gasteiger partial charge in [-0.1, -0.05) is 58.0 Å². The third-order valence-electron chi connectivity index (χ3n) is 5.81. The van der Waals surface area contributed by atoms with Gasteiger partial charge in [-0.2, -0.15) is 4.68 Å². The molecule has 0 radical (unpaired) electrons. The molecule has 0 unspecified atom stereocenters. The Morgan fingerprint density at radius 3 is 2.28 bits per heavy atom. The number of amides is 2. The molecule has 1 saturated carbocycles. The van der Waals surface area contributed by atoms with Gasteiger partial charge in [-0.25, -0.2) is 9.59 Å². The van der Waals surface area contributed by atoms with Crippen LogP contribution in [0, 0.1) is 17.8 Å². The van der Waals surface area contributed by atoms with E-state index >= 15 is 0 Å². The smallest absolute Gasteiger partial charge is 0.437 e. The Bertz CT molecular complexity index is 1090. The molecule has 10 nitrogen and oxygen atoms in total. The molecule has 1 aromatic carbocycles. The van der Waals surface area contributed by atoms with Gasteiger partial charge in [0.25, 0.3) is 5.89 Å². The van der Waals surface area contributed by atoms with Gasteiger partial charge in [-0.3, -0.25) is 9.59 Å². The molecule has 2 aromatic rings. The van der Waals surface area contributed by atoms with Crippen molar-refractivity contribution in [3.8, 4) is 0 Å². The summed E-state index contributed by atoms with van der Waals surface area (Å²) in [5.41, 5.74) is 0.822. The van der Waals surface area contributed by atoms with E-state index in [2.05, 4.69) is 15.7 Å². The molecule has 1 heterocycles. The topological polar surface area (TPSA) is 133 Å². The minimum absolute atomic E-state index is 0.0619. The molecule has 0 spiro atoms. The van der Waals surface area contributed by atoms with E-state index in [0.29, 0.717) is 25.3 Å². The second-order valence-electron chi connectivity index (χ2n) is 10.2. The number of carbonyl (C=O) groups excluding carboxylic acids is 3. The Balaban J connectivity index is 1.67. The zero-order valence-corrected chi connectivity index (χ0v) is 21.4. The highest BCUT2D eigenvalue weighted by atomic mass is 16.5. The minimum Gasteiger partial charge on any atom is -0.445 e. The van der Waals surface area contributed by atoms with E-state index in [1.165, 1.54) is 4.68 Å². The van der Waals surface area contributed by atoms with E-state index in [1.54, 1.807) is 0 Å². The lowest BCUT2D eigenvalue weighted by Gasteiger charge is -2.24. The van der Waals surface area contributed by atoms with Crippen molar-refractivity contribution >= 4 is 17.8 Å². The molecule has 0 aliphatic heterocycles. The molecule has 0 saturated heterocycles. The fourth-order valence-electron chi connectivity index (χ4n) is 3.80.